The van der Waals surface area contributed by atoms with Gasteiger partial charge < -0.3 is 9.72 Å². The molecule has 0 fully saturated rings. The minimum absolute atomic E-state index is 0.0566. The van der Waals surface area contributed by atoms with Crippen LogP contribution in [0.1, 0.15) is 26.6 Å². The quantitative estimate of drug-likeness (QED) is 0.740. The van der Waals surface area contributed by atoms with E-state index in [1.54, 1.807) is 13.8 Å². The molecule has 0 aliphatic carbocycles. The van der Waals surface area contributed by atoms with Crippen LogP contribution in [0.4, 0.5) is 0 Å². The zero-order valence-electron chi connectivity index (χ0n) is 11.4. The number of nitrogens with one attached hydrogen (secondary N) is 2. The summed E-state index contributed by atoms with van der Waals surface area (Å²) in [4.78, 5) is 18.2. The molecule has 1 atom stereocenters. The Morgan fingerprint density at radius 3 is 2.58 bits per heavy atom. The molecule has 0 spiro atoms. The highest BCUT2D eigenvalue weighted by Gasteiger charge is 2.29. The second kappa shape index (κ2) is 6.16. The van der Waals surface area contributed by atoms with E-state index in [1.165, 1.54) is 13.3 Å². The molecular formula is C11H19N3O4S. The summed E-state index contributed by atoms with van der Waals surface area (Å²) in [6.45, 7) is 5.32. The molecule has 0 aromatic carbocycles. The molecule has 0 aliphatic heterocycles. The van der Waals surface area contributed by atoms with Crippen LogP contribution in [0.15, 0.2) is 11.2 Å². The van der Waals surface area contributed by atoms with Crippen molar-refractivity contribution in [3.05, 3.63) is 12.0 Å². The van der Waals surface area contributed by atoms with E-state index >= 15 is 0 Å². The molecule has 19 heavy (non-hydrogen) atoms. The van der Waals surface area contributed by atoms with Crippen molar-refractivity contribution in [3.8, 4) is 0 Å². The van der Waals surface area contributed by atoms with Crippen molar-refractivity contribution in [1.29, 1.82) is 0 Å². The van der Waals surface area contributed by atoms with Gasteiger partial charge in [0, 0.05) is 6.42 Å². The highest BCUT2D eigenvalue weighted by Crippen LogP contribution is 2.11. The Labute approximate surface area is 112 Å². The van der Waals surface area contributed by atoms with Gasteiger partial charge in [0.15, 0.2) is 5.03 Å². The molecule has 1 rings (SSSR count). The lowest BCUT2D eigenvalue weighted by Crippen LogP contribution is -2.45. The summed E-state index contributed by atoms with van der Waals surface area (Å²) in [5.74, 6) is -0.274. The van der Waals surface area contributed by atoms with Crippen molar-refractivity contribution < 1.29 is 17.9 Å². The molecule has 0 amide bonds. The number of imidazole rings is 1. The summed E-state index contributed by atoms with van der Waals surface area (Å²) in [7, 11) is -2.60. The van der Waals surface area contributed by atoms with E-state index in [0.717, 1.165) is 0 Å². The Kier molecular flexibility index (Phi) is 5.07. The van der Waals surface area contributed by atoms with E-state index in [-0.39, 0.29) is 10.9 Å². The number of ether oxygens (including phenoxy) is 1. The van der Waals surface area contributed by atoms with Crippen molar-refractivity contribution >= 4 is 16.0 Å². The monoisotopic (exact) mass is 289 g/mol. The van der Waals surface area contributed by atoms with Gasteiger partial charge in [0.2, 0.25) is 0 Å². The fraction of sp³-hybridized carbons (Fsp3) is 0.636. The molecule has 1 aromatic rings. The summed E-state index contributed by atoms with van der Waals surface area (Å²) >= 11 is 0. The number of rotatable bonds is 6. The van der Waals surface area contributed by atoms with Crippen LogP contribution in [-0.4, -0.2) is 37.5 Å². The SMILES string of the molecule is CCc1ncc(S(=O)(=O)N[C@H](C(=O)OC)C(C)C)[nH]1. The molecule has 0 radical (unpaired) electrons. The Hall–Kier alpha value is -1.41. The number of sulfonamides is 1. The van der Waals surface area contributed by atoms with Gasteiger partial charge in [-0.15, -0.1) is 0 Å². The molecule has 1 heterocycles. The number of methoxy groups -OCH3 is 1. The van der Waals surface area contributed by atoms with E-state index < -0.39 is 22.0 Å². The normalized spacial score (nSPS) is 13.5. The first kappa shape index (κ1) is 15.6. The average Bonchev–Trinajstić information content (AvgIpc) is 2.84. The second-order valence-electron chi connectivity index (χ2n) is 4.41. The number of aromatic amines is 1. The number of hydrogen-bond donors (Lipinski definition) is 2. The molecule has 0 unspecified atom stereocenters. The first-order valence-electron chi connectivity index (χ1n) is 5.95. The molecule has 0 saturated carbocycles. The van der Waals surface area contributed by atoms with Gasteiger partial charge in [0.25, 0.3) is 10.0 Å². The highest BCUT2D eigenvalue weighted by atomic mass is 32.2. The van der Waals surface area contributed by atoms with Crippen LogP contribution >= 0.6 is 0 Å². The molecule has 0 saturated heterocycles. The fourth-order valence-corrected chi connectivity index (χ4v) is 2.75. The van der Waals surface area contributed by atoms with Crippen molar-refractivity contribution in [2.75, 3.05) is 7.11 Å². The molecule has 0 bridgehead atoms. The van der Waals surface area contributed by atoms with Crippen molar-refractivity contribution in [2.45, 2.75) is 38.3 Å². The maximum Gasteiger partial charge on any atom is 0.324 e. The zero-order chi connectivity index (χ0) is 14.6. The maximum atomic E-state index is 12.1. The van der Waals surface area contributed by atoms with Gasteiger partial charge >= 0.3 is 5.97 Å². The van der Waals surface area contributed by atoms with Gasteiger partial charge in [-0.3, -0.25) is 4.79 Å². The van der Waals surface area contributed by atoms with Crippen LogP contribution in [0.2, 0.25) is 0 Å². The Morgan fingerprint density at radius 1 is 1.53 bits per heavy atom. The predicted octanol–water partition coefficient (Wildman–Crippen LogP) is 0.448. The van der Waals surface area contributed by atoms with E-state index in [2.05, 4.69) is 19.4 Å². The standard InChI is InChI=1S/C11H19N3O4S/c1-5-8-12-6-9(13-8)19(16,17)14-10(7(2)3)11(15)18-4/h6-7,10,14H,5H2,1-4H3,(H,12,13)/t10-/m0/s1. The van der Waals surface area contributed by atoms with Crippen molar-refractivity contribution in [1.82, 2.24) is 14.7 Å². The van der Waals surface area contributed by atoms with E-state index in [4.69, 9.17) is 0 Å². The highest BCUT2D eigenvalue weighted by molar-refractivity contribution is 7.89. The van der Waals surface area contributed by atoms with Crippen LogP contribution < -0.4 is 4.72 Å². The molecule has 0 aliphatic rings. The zero-order valence-corrected chi connectivity index (χ0v) is 12.2. The lowest BCUT2D eigenvalue weighted by Gasteiger charge is -2.19. The van der Waals surface area contributed by atoms with Gasteiger partial charge in [0.05, 0.1) is 13.3 Å². The smallest absolute Gasteiger partial charge is 0.324 e. The summed E-state index contributed by atoms with van der Waals surface area (Å²) in [6.07, 6.45) is 1.83. The van der Waals surface area contributed by atoms with Crippen LogP contribution in [0.25, 0.3) is 0 Å². The van der Waals surface area contributed by atoms with Crippen LogP contribution in [0.5, 0.6) is 0 Å². The number of hydrogen-bond acceptors (Lipinski definition) is 5. The minimum Gasteiger partial charge on any atom is -0.468 e. The third-order valence-corrected chi connectivity index (χ3v) is 3.98. The molecule has 8 heteroatoms. The van der Waals surface area contributed by atoms with Crippen LogP contribution in [0.3, 0.4) is 0 Å². The van der Waals surface area contributed by atoms with Crippen molar-refractivity contribution in [3.63, 3.8) is 0 Å². The van der Waals surface area contributed by atoms with Gasteiger partial charge in [-0.2, -0.15) is 4.72 Å². The second-order valence-corrected chi connectivity index (χ2v) is 6.10. The summed E-state index contributed by atoms with van der Waals surface area (Å²) in [5, 5.41) is -0.0566. The van der Waals surface area contributed by atoms with Crippen LogP contribution in [-0.2, 0) is 26.0 Å². The third-order valence-electron chi connectivity index (χ3n) is 2.63. The topological polar surface area (TPSA) is 101 Å². The van der Waals surface area contributed by atoms with E-state index in [0.29, 0.717) is 12.2 Å². The van der Waals surface area contributed by atoms with Crippen LogP contribution in [0, 0.1) is 5.92 Å². The largest absolute Gasteiger partial charge is 0.468 e. The number of nitrogens with zero attached hydrogens (tertiary/aromatic N) is 1. The fourth-order valence-electron chi connectivity index (χ4n) is 1.47. The molecule has 1 aromatic heterocycles. The van der Waals surface area contributed by atoms with E-state index in [9.17, 15) is 13.2 Å². The third kappa shape index (κ3) is 3.77. The minimum atomic E-state index is -3.82. The number of carbonyl (C=O) groups is 1. The number of carbonyl (C=O) groups excluding carboxylic acids is 1. The van der Waals surface area contributed by atoms with Gasteiger partial charge in [-0.05, 0) is 5.92 Å². The molecular weight excluding hydrogens is 270 g/mol. The maximum absolute atomic E-state index is 12.1. The number of H-pyrrole nitrogens is 1. The first-order valence-corrected chi connectivity index (χ1v) is 7.44. The van der Waals surface area contributed by atoms with Gasteiger partial charge in [-0.1, -0.05) is 20.8 Å². The van der Waals surface area contributed by atoms with Gasteiger partial charge in [0.1, 0.15) is 11.9 Å². The first-order chi connectivity index (χ1) is 8.81. The number of esters is 1. The molecule has 7 nitrogen and oxygen atoms in total. The molecule has 2 N–H and O–H groups in total. The summed E-state index contributed by atoms with van der Waals surface area (Å²) < 4.78 is 31.1. The van der Waals surface area contributed by atoms with Crippen molar-refractivity contribution in [2.24, 2.45) is 5.92 Å². The Balaban J connectivity index is 2.97. The lowest BCUT2D eigenvalue weighted by molar-refractivity contribution is -0.143. The Morgan fingerprint density at radius 2 is 2.16 bits per heavy atom. The number of aromatic nitrogens is 2. The molecule has 108 valence electrons. The van der Waals surface area contributed by atoms with E-state index in [1.807, 2.05) is 6.92 Å². The summed E-state index contributed by atoms with van der Waals surface area (Å²) in [6, 6.07) is -0.927. The Bertz CT molecular complexity index is 536. The van der Waals surface area contributed by atoms with Gasteiger partial charge in [-0.25, -0.2) is 13.4 Å². The summed E-state index contributed by atoms with van der Waals surface area (Å²) in [5.41, 5.74) is 0. The lowest BCUT2D eigenvalue weighted by atomic mass is 10.1. The predicted molar refractivity (Wildman–Crippen MR) is 68.9 cm³/mol. The average molecular weight is 289 g/mol. The number of aryl methyl sites for hydroxylation is 1.